The van der Waals surface area contributed by atoms with Crippen LogP contribution in [-0.4, -0.2) is 16.5 Å². The predicted molar refractivity (Wildman–Crippen MR) is 79.9 cm³/mol. The van der Waals surface area contributed by atoms with Gasteiger partial charge in [-0.3, -0.25) is 0 Å². The van der Waals surface area contributed by atoms with Gasteiger partial charge in [-0.25, -0.2) is 14.4 Å². The van der Waals surface area contributed by atoms with Gasteiger partial charge in [-0.05, 0) is 24.6 Å². The van der Waals surface area contributed by atoms with Crippen LogP contribution in [0.1, 0.15) is 26.1 Å². The van der Waals surface area contributed by atoms with Gasteiger partial charge in [-0.1, -0.05) is 19.9 Å². The summed E-state index contributed by atoms with van der Waals surface area (Å²) in [7, 11) is 0. The maximum absolute atomic E-state index is 13.2. The number of nitrogens with zero attached hydrogens (tertiary/aromatic N) is 2. The molecular weight excluding hydrogens is 255 g/mol. The minimum absolute atomic E-state index is 0.274. The van der Waals surface area contributed by atoms with Crippen LogP contribution in [0, 0.1) is 5.82 Å². The van der Waals surface area contributed by atoms with Crippen molar-refractivity contribution in [2.24, 2.45) is 0 Å². The first-order chi connectivity index (χ1) is 9.71. The van der Waals surface area contributed by atoms with Gasteiger partial charge in [0.05, 0.1) is 0 Å². The Hall–Kier alpha value is -2.17. The van der Waals surface area contributed by atoms with Crippen molar-refractivity contribution in [2.45, 2.75) is 26.7 Å². The third-order valence-electron chi connectivity index (χ3n) is 2.74. The summed E-state index contributed by atoms with van der Waals surface area (Å²) in [6, 6.07) is 8.15. The molecule has 0 aliphatic carbocycles. The van der Waals surface area contributed by atoms with Crippen LogP contribution in [0.15, 0.2) is 30.3 Å². The second kappa shape index (κ2) is 6.84. The maximum atomic E-state index is 13.2. The molecule has 1 aromatic heterocycles. The van der Waals surface area contributed by atoms with Crippen LogP contribution < -0.4 is 10.6 Å². The maximum Gasteiger partial charge on any atom is 0.136 e. The molecule has 0 atom stereocenters. The van der Waals surface area contributed by atoms with Gasteiger partial charge in [-0.2, -0.15) is 0 Å². The quantitative estimate of drug-likeness (QED) is 0.842. The van der Waals surface area contributed by atoms with E-state index in [0.717, 1.165) is 31.0 Å². The van der Waals surface area contributed by atoms with E-state index in [2.05, 4.69) is 27.5 Å². The Morgan fingerprint density at radius 1 is 1.10 bits per heavy atom. The third-order valence-corrected chi connectivity index (χ3v) is 2.74. The molecule has 1 aromatic carbocycles. The van der Waals surface area contributed by atoms with Crippen LogP contribution in [0.25, 0.3) is 0 Å². The summed E-state index contributed by atoms with van der Waals surface area (Å²) in [5, 5.41) is 6.35. The van der Waals surface area contributed by atoms with Crippen molar-refractivity contribution in [3.8, 4) is 0 Å². The molecule has 2 rings (SSSR count). The first-order valence-corrected chi connectivity index (χ1v) is 6.85. The molecule has 0 unspecified atom stereocenters. The number of halogens is 1. The lowest BCUT2D eigenvalue weighted by Gasteiger charge is -2.10. The number of hydrogen-bond donors (Lipinski definition) is 2. The summed E-state index contributed by atoms with van der Waals surface area (Å²) in [6.07, 6.45) is 1.78. The van der Waals surface area contributed by atoms with Gasteiger partial charge in [0.1, 0.15) is 23.3 Å². The summed E-state index contributed by atoms with van der Waals surface area (Å²) in [6.45, 7) is 4.96. The molecular formula is C15H19FN4. The fraction of sp³-hybridized carbons (Fsp3) is 0.333. The Morgan fingerprint density at radius 3 is 2.60 bits per heavy atom. The van der Waals surface area contributed by atoms with E-state index in [1.165, 1.54) is 12.1 Å². The van der Waals surface area contributed by atoms with Crippen LogP contribution in [0.4, 0.5) is 21.7 Å². The lowest BCUT2D eigenvalue weighted by molar-refractivity contribution is 0.628. The summed E-state index contributed by atoms with van der Waals surface area (Å²) in [5.41, 5.74) is 0.673. The second-order valence-corrected chi connectivity index (χ2v) is 4.47. The van der Waals surface area contributed by atoms with Gasteiger partial charge in [0.15, 0.2) is 0 Å². The first-order valence-electron chi connectivity index (χ1n) is 6.85. The van der Waals surface area contributed by atoms with Gasteiger partial charge in [0.2, 0.25) is 0 Å². The molecule has 20 heavy (non-hydrogen) atoms. The number of aryl methyl sites for hydroxylation is 1. The largest absolute Gasteiger partial charge is 0.370 e. The minimum atomic E-state index is -0.274. The molecule has 0 radical (unpaired) electrons. The molecule has 0 spiro atoms. The monoisotopic (exact) mass is 274 g/mol. The van der Waals surface area contributed by atoms with Crippen molar-refractivity contribution < 1.29 is 4.39 Å². The van der Waals surface area contributed by atoms with Crippen molar-refractivity contribution in [1.29, 1.82) is 0 Å². The molecule has 106 valence electrons. The highest BCUT2D eigenvalue weighted by Gasteiger charge is 2.04. The molecule has 2 N–H and O–H groups in total. The third kappa shape index (κ3) is 3.91. The normalized spacial score (nSPS) is 10.3. The van der Waals surface area contributed by atoms with E-state index in [1.54, 1.807) is 12.1 Å². The van der Waals surface area contributed by atoms with E-state index in [4.69, 9.17) is 0 Å². The molecule has 1 heterocycles. The van der Waals surface area contributed by atoms with Crippen molar-refractivity contribution in [2.75, 3.05) is 17.2 Å². The molecule has 0 bridgehead atoms. The van der Waals surface area contributed by atoms with E-state index < -0.39 is 0 Å². The molecule has 5 heteroatoms. The zero-order valence-corrected chi connectivity index (χ0v) is 11.8. The van der Waals surface area contributed by atoms with Crippen LogP contribution in [0.2, 0.25) is 0 Å². The molecule has 2 aromatic rings. The fourth-order valence-electron chi connectivity index (χ4n) is 1.78. The second-order valence-electron chi connectivity index (χ2n) is 4.47. The summed E-state index contributed by atoms with van der Waals surface area (Å²) < 4.78 is 13.2. The molecule has 0 saturated carbocycles. The molecule has 4 nitrogen and oxygen atoms in total. The van der Waals surface area contributed by atoms with Crippen LogP contribution >= 0.6 is 0 Å². The van der Waals surface area contributed by atoms with Crippen molar-refractivity contribution in [3.05, 3.63) is 42.0 Å². The first kappa shape index (κ1) is 14.2. The van der Waals surface area contributed by atoms with E-state index in [0.29, 0.717) is 11.5 Å². The van der Waals surface area contributed by atoms with Crippen LogP contribution in [0.5, 0.6) is 0 Å². The zero-order valence-electron chi connectivity index (χ0n) is 11.8. The fourth-order valence-corrected chi connectivity index (χ4v) is 1.78. The summed E-state index contributed by atoms with van der Waals surface area (Å²) in [5.74, 6) is 1.94. The summed E-state index contributed by atoms with van der Waals surface area (Å²) in [4.78, 5) is 8.81. The molecule has 0 saturated heterocycles. The standard InChI is InChI=1S/C15H19FN4/c1-3-8-17-14-10-15(20-13(4-2)19-14)18-12-7-5-6-11(16)9-12/h5-7,9-10H,3-4,8H2,1-2H3,(H2,17,18,19,20). The van der Waals surface area contributed by atoms with Crippen molar-refractivity contribution >= 4 is 17.3 Å². The molecule has 0 aliphatic heterocycles. The number of benzene rings is 1. The van der Waals surface area contributed by atoms with Gasteiger partial charge in [-0.15, -0.1) is 0 Å². The van der Waals surface area contributed by atoms with Crippen molar-refractivity contribution in [1.82, 2.24) is 9.97 Å². The topological polar surface area (TPSA) is 49.8 Å². The van der Waals surface area contributed by atoms with Crippen molar-refractivity contribution in [3.63, 3.8) is 0 Å². The molecule has 0 amide bonds. The van der Waals surface area contributed by atoms with Gasteiger partial charge >= 0.3 is 0 Å². The number of aromatic nitrogens is 2. The molecule has 0 fully saturated rings. The van der Waals surface area contributed by atoms with E-state index in [9.17, 15) is 4.39 Å². The number of hydrogen-bond acceptors (Lipinski definition) is 4. The lowest BCUT2D eigenvalue weighted by Crippen LogP contribution is -2.06. The minimum Gasteiger partial charge on any atom is -0.370 e. The Kier molecular flexibility index (Phi) is 4.87. The van der Waals surface area contributed by atoms with Gasteiger partial charge in [0.25, 0.3) is 0 Å². The number of nitrogens with one attached hydrogen (secondary N) is 2. The Morgan fingerprint density at radius 2 is 1.90 bits per heavy atom. The molecule has 0 aliphatic rings. The smallest absolute Gasteiger partial charge is 0.136 e. The highest BCUT2D eigenvalue weighted by Crippen LogP contribution is 2.18. The highest BCUT2D eigenvalue weighted by molar-refractivity contribution is 5.59. The van der Waals surface area contributed by atoms with Gasteiger partial charge in [0, 0.05) is 24.7 Å². The Labute approximate surface area is 118 Å². The Bertz CT molecular complexity index is 572. The number of anilines is 3. The average molecular weight is 274 g/mol. The van der Waals surface area contributed by atoms with E-state index >= 15 is 0 Å². The van der Waals surface area contributed by atoms with Gasteiger partial charge < -0.3 is 10.6 Å². The van der Waals surface area contributed by atoms with E-state index in [1.807, 2.05) is 13.0 Å². The van der Waals surface area contributed by atoms with E-state index in [-0.39, 0.29) is 5.82 Å². The van der Waals surface area contributed by atoms with Crippen LogP contribution in [0.3, 0.4) is 0 Å². The average Bonchev–Trinajstić information content (AvgIpc) is 2.45. The summed E-state index contributed by atoms with van der Waals surface area (Å²) >= 11 is 0. The predicted octanol–water partition coefficient (Wildman–Crippen LogP) is 3.74. The lowest BCUT2D eigenvalue weighted by atomic mass is 10.3. The Balaban J connectivity index is 2.21. The SMILES string of the molecule is CCCNc1cc(Nc2cccc(F)c2)nc(CC)n1. The number of rotatable bonds is 6. The van der Waals surface area contributed by atoms with Crippen LogP contribution in [-0.2, 0) is 6.42 Å². The highest BCUT2D eigenvalue weighted by atomic mass is 19.1. The zero-order chi connectivity index (χ0) is 14.4.